The van der Waals surface area contributed by atoms with Crippen LogP contribution in [0.2, 0.25) is 0 Å². The third-order valence-corrected chi connectivity index (χ3v) is 3.33. The lowest BCUT2D eigenvalue weighted by Gasteiger charge is -2.37. The van der Waals surface area contributed by atoms with E-state index >= 15 is 0 Å². The van der Waals surface area contributed by atoms with Gasteiger partial charge in [-0.15, -0.1) is 0 Å². The molecule has 0 bridgehead atoms. The van der Waals surface area contributed by atoms with Gasteiger partial charge in [-0.1, -0.05) is 0 Å². The molecule has 0 spiro atoms. The highest BCUT2D eigenvalue weighted by molar-refractivity contribution is 5.95. The van der Waals surface area contributed by atoms with E-state index in [1.54, 1.807) is 0 Å². The zero-order valence-corrected chi connectivity index (χ0v) is 11.9. The molecule has 0 unspecified atom stereocenters. The molecule has 19 heavy (non-hydrogen) atoms. The predicted octanol–water partition coefficient (Wildman–Crippen LogP) is 2.19. The van der Waals surface area contributed by atoms with E-state index in [-0.39, 0.29) is 11.4 Å². The first-order chi connectivity index (χ1) is 9.04. The van der Waals surface area contributed by atoms with Gasteiger partial charge in [-0.2, -0.15) is 0 Å². The van der Waals surface area contributed by atoms with Crippen molar-refractivity contribution in [2.45, 2.75) is 32.7 Å². The summed E-state index contributed by atoms with van der Waals surface area (Å²) in [6.45, 7) is 8.32. The van der Waals surface area contributed by atoms with Crippen molar-refractivity contribution in [3.63, 3.8) is 0 Å². The largest absolute Gasteiger partial charge is 0.494 e. The molecular formula is C15H22N2O2. The summed E-state index contributed by atoms with van der Waals surface area (Å²) in [5, 5.41) is 3.31. The monoisotopic (exact) mass is 262 g/mol. The van der Waals surface area contributed by atoms with Gasteiger partial charge in [0.15, 0.2) is 0 Å². The van der Waals surface area contributed by atoms with Gasteiger partial charge in [-0.25, -0.2) is 0 Å². The Hall–Kier alpha value is -1.55. The molecule has 0 saturated carbocycles. The molecular weight excluding hydrogens is 240 g/mol. The van der Waals surface area contributed by atoms with Crippen molar-refractivity contribution < 1.29 is 9.53 Å². The highest BCUT2D eigenvalue weighted by Gasteiger charge is 2.33. The molecule has 1 saturated heterocycles. The number of carbonyl (C=O) groups excluding carboxylic acids is 1. The van der Waals surface area contributed by atoms with Crippen LogP contribution in [0.5, 0.6) is 5.75 Å². The molecule has 1 aromatic rings. The zero-order valence-electron chi connectivity index (χ0n) is 11.9. The summed E-state index contributed by atoms with van der Waals surface area (Å²) in [5.41, 5.74) is 0.711. The molecule has 1 heterocycles. The van der Waals surface area contributed by atoms with Crippen LogP contribution in [0.25, 0.3) is 0 Å². The van der Waals surface area contributed by atoms with Gasteiger partial charge in [-0.3, -0.25) is 4.79 Å². The molecule has 1 aromatic carbocycles. The van der Waals surface area contributed by atoms with E-state index in [0.29, 0.717) is 13.0 Å². The zero-order chi connectivity index (χ0) is 13.9. The summed E-state index contributed by atoms with van der Waals surface area (Å²) in [5.74, 6) is 1.00. The van der Waals surface area contributed by atoms with Crippen molar-refractivity contribution >= 4 is 11.6 Å². The smallest absolute Gasteiger partial charge is 0.228 e. The topological polar surface area (TPSA) is 41.6 Å². The van der Waals surface area contributed by atoms with Crippen molar-refractivity contribution in [1.82, 2.24) is 5.32 Å². The maximum atomic E-state index is 12.3. The highest BCUT2D eigenvalue weighted by Crippen LogP contribution is 2.28. The Morgan fingerprint density at radius 2 is 2.00 bits per heavy atom. The minimum absolute atomic E-state index is 0.166. The van der Waals surface area contributed by atoms with Gasteiger partial charge >= 0.3 is 0 Å². The summed E-state index contributed by atoms with van der Waals surface area (Å²) in [7, 11) is 0. The lowest BCUT2D eigenvalue weighted by molar-refractivity contribution is -0.119. The average Bonchev–Trinajstić information content (AvgIpc) is 2.49. The standard InChI is InChI=1S/C15H22N2O2/c1-4-19-13-7-5-12(6-8-13)17-14(18)9-10-16-11-15(17,2)3/h5-8,16H,4,9-11H2,1-3H3. The lowest BCUT2D eigenvalue weighted by atomic mass is 10.0. The summed E-state index contributed by atoms with van der Waals surface area (Å²) < 4.78 is 5.44. The molecule has 1 N–H and O–H groups in total. The van der Waals surface area contributed by atoms with E-state index < -0.39 is 0 Å². The van der Waals surface area contributed by atoms with Crippen molar-refractivity contribution in [2.24, 2.45) is 0 Å². The lowest BCUT2D eigenvalue weighted by Crippen LogP contribution is -2.51. The molecule has 0 aromatic heterocycles. The Balaban J connectivity index is 2.28. The minimum atomic E-state index is -0.222. The van der Waals surface area contributed by atoms with Crippen LogP contribution in [0, 0.1) is 0 Å². The van der Waals surface area contributed by atoms with Gasteiger partial charge < -0.3 is 15.0 Å². The molecule has 2 rings (SSSR count). The number of ether oxygens (including phenoxy) is 1. The van der Waals surface area contributed by atoms with E-state index in [1.165, 1.54) is 0 Å². The van der Waals surface area contributed by atoms with Gasteiger partial charge in [0.05, 0.1) is 12.1 Å². The van der Waals surface area contributed by atoms with Gasteiger partial charge in [0, 0.05) is 25.2 Å². The first-order valence-electron chi connectivity index (χ1n) is 6.81. The fourth-order valence-electron chi connectivity index (χ4n) is 2.47. The molecule has 1 aliphatic heterocycles. The van der Waals surface area contributed by atoms with Crippen LogP contribution < -0.4 is 15.0 Å². The van der Waals surface area contributed by atoms with E-state index in [2.05, 4.69) is 19.2 Å². The Kier molecular flexibility index (Phi) is 4.10. The summed E-state index contributed by atoms with van der Waals surface area (Å²) in [6.07, 6.45) is 0.538. The maximum absolute atomic E-state index is 12.3. The summed E-state index contributed by atoms with van der Waals surface area (Å²) in [6, 6.07) is 7.74. The summed E-state index contributed by atoms with van der Waals surface area (Å²) in [4.78, 5) is 14.2. The molecule has 4 nitrogen and oxygen atoms in total. The van der Waals surface area contributed by atoms with Crippen molar-refractivity contribution in [2.75, 3.05) is 24.6 Å². The number of nitrogens with one attached hydrogen (secondary N) is 1. The van der Waals surface area contributed by atoms with Gasteiger partial charge in [0.2, 0.25) is 5.91 Å². The molecule has 1 fully saturated rings. The Morgan fingerprint density at radius 1 is 1.32 bits per heavy atom. The summed E-state index contributed by atoms with van der Waals surface area (Å²) >= 11 is 0. The number of amides is 1. The van der Waals surface area contributed by atoms with E-state index in [0.717, 1.165) is 24.5 Å². The fraction of sp³-hybridized carbons (Fsp3) is 0.533. The third-order valence-electron chi connectivity index (χ3n) is 3.33. The van der Waals surface area contributed by atoms with Gasteiger partial charge in [0.1, 0.15) is 5.75 Å². The quantitative estimate of drug-likeness (QED) is 0.908. The van der Waals surface area contributed by atoms with Crippen molar-refractivity contribution in [3.05, 3.63) is 24.3 Å². The van der Waals surface area contributed by atoms with Crippen LogP contribution in [0.1, 0.15) is 27.2 Å². The molecule has 1 aliphatic rings. The molecule has 4 heteroatoms. The number of anilines is 1. The van der Waals surface area contributed by atoms with Crippen LogP contribution in [0.15, 0.2) is 24.3 Å². The second-order valence-corrected chi connectivity index (χ2v) is 5.40. The molecule has 0 aliphatic carbocycles. The van der Waals surface area contributed by atoms with Crippen molar-refractivity contribution in [3.8, 4) is 5.75 Å². The average molecular weight is 262 g/mol. The number of nitrogens with zero attached hydrogens (tertiary/aromatic N) is 1. The second kappa shape index (κ2) is 5.61. The number of carbonyl (C=O) groups is 1. The Bertz CT molecular complexity index is 440. The first-order valence-corrected chi connectivity index (χ1v) is 6.81. The van der Waals surface area contributed by atoms with E-state index in [4.69, 9.17) is 4.74 Å². The molecule has 0 atom stereocenters. The minimum Gasteiger partial charge on any atom is -0.494 e. The second-order valence-electron chi connectivity index (χ2n) is 5.40. The van der Waals surface area contributed by atoms with Crippen LogP contribution in [0.4, 0.5) is 5.69 Å². The van der Waals surface area contributed by atoms with Crippen LogP contribution in [-0.4, -0.2) is 31.1 Å². The SMILES string of the molecule is CCOc1ccc(N2C(=O)CCNCC2(C)C)cc1. The van der Waals surface area contributed by atoms with Crippen LogP contribution in [0.3, 0.4) is 0 Å². The molecule has 0 radical (unpaired) electrons. The van der Waals surface area contributed by atoms with E-state index in [1.807, 2.05) is 36.1 Å². The maximum Gasteiger partial charge on any atom is 0.228 e. The molecule has 1 amide bonds. The van der Waals surface area contributed by atoms with Gasteiger partial charge in [0.25, 0.3) is 0 Å². The Morgan fingerprint density at radius 3 is 2.63 bits per heavy atom. The van der Waals surface area contributed by atoms with Crippen molar-refractivity contribution in [1.29, 1.82) is 0 Å². The molecule has 104 valence electrons. The predicted molar refractivity (Wildman–Crippen MR) is 76.7 cm³/mol. The fourth-order valence-corrected chi connectivity index (χ4v) is 2.47. The first kappa shape index (κ1) is 13.9. The highest BCUT2D eigenvalue weighted by atomic mass is 16.5. The normalized spacial score (nSPS) is 19.1. The van der Waals surface area contributed by atoms with Crippen LogP contribution >= 0.6 is 0 Å². The number of benzene rings is 1. The van der Waals surface area contributed by atoms with Crippen LogP contribution in [-0.2, 0) is 4.79 Å². The van der Waals surface area contributed by atoms with Gasteiger partial charge in [-0.05, 0) is 45.0 Å². The Labute approximate surface area is 114 Å². The number of rotatable bonds is 3. The number of hydrogen-bond donors (Lipinski definition) is 1. The number of hydrogen-bond acceptors (Lipinski definition) is 3. The third kappa shape index (κ3) is 3.07. The van der Waals surface area contributed by atoms with E-state index in [9.17, 15) is 4.79 Å².